The molecule has 0 aliphatic carbocycles. The number of rotatable bonds is 2. The van der Waals surface area contributed by atoms with E-state index in [0.29, 0.717) is 0 Å². The van der Waals surface area contributed by atoms with Crippen molar-refractivity contribution in [1.82, 2.24) is 0 Å². The molecule has 0 aliphatic heterocycles. The van der Waals surface area contributed by atoms with Crippen LogP contribution in [0.25, 0.3) is 11.1 Å². The highest BCUT2D eigenvalue weighted by Gasteiger charge is 2.15. The van der Waals surface area contributed by atoms with Gasteiger partial charge in [0.05, 0.1) is 7.11 Å². The van der Waals surface area contributed by atoms with E-state index in [1.54, 1.807) is 7.11 Å². The summed E-state index contributed by atoms with van der Waals surface area (Å²) < 4.78 is 5.21. The molecule has 0 atom stereocenters. The van der Waals surface area contributed by atoms with Crippen LogP contribution in [0.15, 0.2) is 42.5 Å². The maximum atomic E-state index is 5.21. The molecular weight excluding hydrogens is 232 g/mol. The predicted octanol–water partition coefficient (Wildman–Crippen LogP) is 4.97. The van der Waals surface area contributed by atoms with Crippen molar-refractivity contribution < 1.29 is 4.74 Å². The van der Waals surface area contributed by atoms with Gasteiger partial charge in [-0.2, -0.15) is 0 Å². The molecule has 0 aromatic heterocycles. The molecule has 0 fully saturated rings. The number of hydrogen-bond donors (Lipinski definition) is 0. The molecule has 0 spiro atoms. The first-order chi connectivity index (χ1) is 8.91. The highest BCUT2D eigenvalue weighted by molar-refractivity contribution is 5.68. The maximum absolute atomic E-state index is 5.21. The topological polar surface area (TPSA) is 9.23 Å². The maximum Gasteiger partial charge on any atom is 0.118 e. The molecular formula is C18H22O. The second kappa shape index (κ2) is 5.08. The average Bonchev–Trinajstić information content (AvgIpc) is 2.38. The van der Waals surface area contributed by atoms with Gasteiger partial charge in [-0.25, -0.2) is 0 Å². The summed E-state index contributed by atoms with van der Waals surface area (Å²) in [4.78, 5) is 0. The highest BCUT2D eigenvalue weighted by atomic mass is 16.5. The molecule has 0 radical (unpaired) electrons. The van der Waals surface area contributed by atoms with Crippen LogP contribution in [-0.4, -0.2) is 7.11 Å². The fraction of sp³-hybridized carbons (Fsp3) is 0.333. The fourth-order valence-corrected chi connectivity index (χ4v) is 2.17. The Bertz CT molecular complexity index is 559. The second-order valence-corrected chi connectivity index (χ2v) is 6.01. The normalized spacial score (nSPS) is 11.4. The molecule has 0 saturated heterocycles. The van der Waals surface area contributed by atoms with E-state index in [0.717, 1.165) is 5.75 Å². The lowest BCUT2D eigenvalue weighted by atomic mass is 9.84. The molecule has 0 saturated carbocycles. The third-order valence-electron chi connectivity index (χ3n) is 3.50. The van der Waals surface area contributed by atoms with Crippen molar-refractivity contribution in [2.75, 3.05) is 7.11 Å². The lowest BCUT2D eigenvalue weighted by Gasteiger charge is -2.21. The van der Waals surface area contributed by atoms with Crippen molar-refractivity contribution in [3.05, 3.63) is 53.6 Å². The Kier molecular flexibility index (Phi) is 3.66. The van der Waals surface area contributed by atoms with Crippen LogP contribution in [0.2, 0.25) is 0 Å². The molecule has 2 aromatic carbocycles. The number of benzene rings is 2. The molecule has 0 aliphatic rings. The van der Waals surface area contributed by atoms with E-state index in [4.69, 9.17) is 4.74 Å². The molecule has 2 aromatic rings. The number of hydrogen-bond acceptors (Lipinski definition) is 1. The van der Waals surface area contributed by atoms with Crippen molar-refractivity contribution in [2.24, 2.45) is 0 Å². The highest BCUT2D eigenvalue weighted by Crippen LogP contribution is 2.30. The Labute approximate surface area is 116 Å². The zero-order valence-corrected chi connectivity index (χ0v) is 12.4. The fourth-order valence-electron chi connectivity index (χ4n) is 2.17. The van der Waals surface area contributed by atoms with Crippen LogP contribution >= 0.6 is 0 Å². The van der Waals surface area contributed by atoms with Gasteiger partial charge in [-0.15, -0.1) is 0 Å². The van der Waals surface area contributed by atoms with Crippen LogP contribution in [0.1, 0.15) is 31.9 Å². The zero-order chi connectivity index (χ0) is 14.0. The van der Waals surface area contributed by atoms with Gasteiger partial charge in [0, 0.05) is 0 Å². The Balaban J connectivity index is 2.48. The molecule has 0 bridgehead atoms. The van der Waals surface area contributed by atoms with Crippen LogP contribution in [0.3, 0.4) is 0 Å². The average molecular weight is 254 g/mol. The van der Waals surface area contributed by atoms with Crippen molar-refractivity contribution in [3.8, 4) is 16.9 Å². The van der Waals surface area contributed by atoms with Gasteiger partial charge < -0.3 is 4.74 Å². The number of ether oxygens (including phenoxy) is 1. The van der Waals surface area contributed by atoms with Gasteiger partial charge in [-0.05, 0) is 46.7 Å². The van der Waals surface area contributed by atoms with Gasteiger partial charge in [0.25, 0.3) is 0 Å². The van der Waals surface area contributed by atoms with Crippen LogP contribution in [-0.2, 0) is 5.41 Å². The first-order valence-electron chi connectivity index (χ1n) is 6.67. The summed E-state index contributed by atoms with van der Waals surface area (Å²) in [5, 5.41) is 0. The van der Waals surface area contributed by atoms with Crippen LogP contribution in [0, 0.1) is 6.92 Å². The van der Waals surface area contributed by atoms with Crippen LogP contribution < -0.4 is 4.74 Å². The largest absolute Gasteiger partial charge is 0.497 e. The van der Waals surface area contributed by atoms with Crippen LogP contribution in [0.5, 0.6) is 5.75 Å². The molecule has 0 unspecified atom stereocenters. The minimum atomic E-state index is 0.176. The third kappa shape index (κ3) is 2.98. The van der Waals surface area contributed by atoms with E-state index < -0.39 is 0 Å². The molecule has 1 heteroatoms. The summed E-state index contributed by atoms with van der Waals surface area (Å²) in [7, 11) is 1.69. The number of aryl methyl sites for hydroxylation is 1. The summed E-state index contributed by atoms with van der Waals surface area (Å²) in [5.74, 6) is 0.897. The Hall–Kier alpha value is -1.76. The van der Waals surface area contributed by atoms with E-state index in [1.807, 2.05) is 12.1 Å². The summed E-state index contributed by atoms with van der Waals surface area (Å²) in [6.45, 7) is 8.90. The van der Waals surface area contributed by atoms with E-state index >= 15 is 0 Å². The predicted molar refractivity (Wildman–Crippen MR) is 81.9 cm³/mol. The summed E-state index contributed by atoms with van der Waals surface area (Å²) in [5.41, 5.74) is 5.39. The molecule has 100 valence electrons. The van der Waals surface area contributed by atoms with Crippen LogP contribution in [0.4, 0.5) is 0 Å². The van der Waals surface area contributed by atoms with E-state index in [1.165, 1.54) is 22.3 Å². The van der Waals surface area contributed by atoms with Crippen molar-refractivity contribution >= 4 is 0 Å². The van der Waals surface area contributed by atoms with Gasteiger partial charge in [-0.3, -0.25) is 0 Å². The molecule has 0 heterocycles. The SMILES string of the molecule is COc1ccc(-c2cc(C(C)(C)C)ccc2C)cc1. The Morgan fingerprint density at radius 3 is 2.05 bits per heavy atom. The van der Waals surface area contributed by atoms with Gasteiger partial charge in [0.15, 0.2) is 0 Å². The van der Waals surface area contributed by atoms with Crippen molar-refractivity contribution in [2.45, 2.75) is 33.1 Å². The first-order valence-corrected chi connectivity index (χ1v) is 6.67. The van der Waals surface area contributed by atoms with Gasteiger partial charge in [0.2, 0.25) is 0 Å². The lowest BCUT2D eigenvalue weighted by molar-refractivity contribution is 0.415. The van der Waals surface area contributed by atoms with Crippen molar-refractivity contribution in [1.29, 1.82) is 0 Å². The van der Waals surface area contributed by atoms with Crippen molar-refractivity contribution in [3.63, 3.8) is 0 Å². The minimum absolute atomic E-state index is 0.176. The van der Waals surface area contributed by atoms with E-state index in [9.17, 15) is 0 Å². The molecule has 19 heavy (non-hydrogen) atoms. The van der Waals surface area contributed by atoms with E-state index in [2.05, 4.69) is 58.0 Å². The monoisotopic (exact) mass is 254 g/mol. The van der Waals surface area contributed by atoms with Gasteiger partial charge in [-0.1, -0.05) is 51.1 Å². The summed E-state index contributed by atoms with van der Waals surface area (Å²) in [6, 6.07) is 15.0. The standard InChI is InChI=1S/C18H22O/c1-13-6-9-15(18(2,3)4)12-17(13)14-7-10-16(19-5)11-8-14/h6-12H,1-5H3. The van der Waals surface area contributed by atoms with E-state index in [-0.39, 0.29) is 5.41 Å². The third-order valence-corrected chi connectivity index (χ3v) is 3.50. The second-order valence-electron chi connectivity index (χ2n) is 6.01. The van der Waals surface area contributed by atoms with Gasteiger partial charge in [0.1, 0.15) is 5.75 Å². The Morgan fingerprint density at radius 1 is 0.895 bits per heavy atom. The molecule has 1 nitrogen and oxygen atoms in total. The lowest BCUT2D eigenvalue weighted by Crippen LogP contribution is -2.11. The molecule has 0 amide bonds. The number of methoxy groups -OCH3 is 1. The Morgan fingerprint density at radius 2 is 1.53 bits per heavy atom. The quantitative estimate of drug-likeness (QED) is 0.735. The van der Waals surface area contributed by atoms with Gasteiger partial charge >= 0.3 is 0 Å². The molecule has 0 N–H and O–H groups in total. The molecule has 2 rings (SSSR count). The zero-order valence-electron chi connectivity index (χ0n) is 12.4. The summed E-state index contributed by atoms with van der Waals surface area (Å²) in [6.07, 6.45) is 0. The first kappa shape index (κ1) is 13.7. The smallest absolute Gasteiger partial charge is 0.118 e. The minimum Gasteiger partial charge on any atom is -0.497 e. The summed E-state index contributed by atoms with van der Waals surface area (Å²) >= 11 is 0.